The molecule has 1 heterocycles. The number of benzene rings is 1. The van der Waals surface area contributed by atoms with E-state index in [4.69, 9.17) is 15.2 Å². The fourth-order valence-corrected chi connectivity index (χ4v) is 1.95. The van der Waals surface area contributed by atoms with E-state index in [1.165, 1.54) is 12.8 Å². The number of nitrogens with two attached hydrogens (primary N) is 1. The van der Waals surface area contributed by atoms with Crippen molar-refractivity contribution in [1.29, 1.82) is 0 Å². The third-order valence-electron chi connectivity index (χ3n) is 3.03. The van der Waals surface area contributed by atoms with Gasteiger partial charge in [-0.1, -0.05) is 19.8 Å². The third kappa shape index (κ3) is 3.26. The van der Waals surface area contributed by atoms with Gasteiger partial charge >= 0.3 is 0 Å². The summed E-state index contributed by atoms with van der Waals surface area (Å²) in [6.07, 6.45) is 5.63. The Labute approximate surface area is 109 Å². The standard InChI is InChI=1S/C15H21NO2/c1-2-3-4-7-17-14-5-6-15-13(9-14)8-12(10-16)11-18-15/h5-6,8-9H,2-4,7,10-11,16H2,1H3. The summed E-state index contributed by atoms with van der Waals surface area (Å²) in [6, 6.07) is 5.95. The van der Waals surface area contributed by atoms with Gasteiger partial charge in [0, 0.05) is 12.1 Å². The third-order valence-corrected chi connectivity index (χ3v) is 3.03. The lowest BCUT2D eigenvalue weighted by Gasteiger charge is -2.18. The Morgan fingerprint density at radius 3 is 3.00 bits per heavy atom. The van der Waals surface area contributed by atoms with Gasteiger partial charge in [0.2, 0.25) is 0 Å². The summed E-state index contributed by atoms with van der Waals surface area (Å²) < 4.78 is 11.3. The fraction of sp³-hybridized carbons (Fsp3) is 0.467. The smallest absolute Gasteiger partial charge is 0.127 e. The molecule has 0 unspecified atom stereocenters. The molecule has 0 atom stereocenters. The maximum absolute atomic E-state index is 5.73. The Morgan fingerprint density at radius 2 is 2.22 bits per heavy atom. The lowest BCUT2D eigenvalue weighted by molar-refractivity contribution is 0.304. The molecular formula is C15H21NO2. The second kappa shape index (κ2) is 6.45. The molecule has 0 aliphatic carbocycles. The summed E-state index contributed by atoms with van der Waals surface area (Å²) in [4.78, 5) is 0. The monoisotopic (exact) mass is 247 g/mol. The highest BCUT2D eigenvalue weighted by Crippen LogP contribution is 2.29. The van der Waals surface area contributed by atoms with Crippen molar-refractivity contribution in [3.63, 3.8) is 0 Å². The lowest BCUT2D eigenvalue weighted by Crippen LogP contribution is -2.14. The molecule has 0 radical (unpaired) electrons. The van der Waals surface area contributed by atoms with E-state index < -0.39 is 0 Å². The topological polar surface area (TPSA) is 44.5 Å². The number of fused-ring (bicyclic) bond motifs is 1. The van der Waals surface area contributed by atoms with Crippen LogP contribution in [-0.4, -0.2) is 19.8 Å². The summed E-state index contributed by atoms with van der Waals surface area (Å²) in [5.41, 5.74) is 7.81. The lowest BCUT2D eigenvalue weighted by atomic mass is 10.1. The second-order valence-corrected chi connectivity index (χ2v) is 4.55. The molecule has 18 heavy (non-hydrogen) atoms. The zero-order chi connectivity index (χ0) is 12.8. The predicted octanol–water partition coefficient (Wildman–Crippen LogP) is 2.99. The molecular weight excluding hydrogens is 226 g/mol. The molecule has 0 saturated carbocycles. The molecule has 1 aromatic rings. The number of hydrogen-bond donors (Lipinski definition) is 1. The van der Waals surface area contributed by atoms with Crippen LogP contribution in [-0.2, 0) is 0 Å². The first-order valence-electron chi connectivity index (χ1n) is 6.62. The summed E-state index contributed by atoms with van der Waals surface area (Å²) >= 11 is 0. The van der Waals surface area contributed by atoms with Gasteiger partial charge in [-0.2, -0.15) is 0 Å². The van der Waals surface area contributed by atoms with Crippen molar-refractivity contribution in [3.05, 3.63) is 29.3 Å². The van der Waals surface area contributed by atoms with E-state index in [9.17, 15) is 0 Å². The van der Waals surface area contributed by atoms with Crippen molar-refractivity contribution in [1.82, 2.24) is 0 Å². The van der Waals surface area contributed by atoms with Crippen LogP contribution in [0.2, 0.25) is 0 Å². The van der Waals surface area contributed by atoms with E-state index in [2.05, 4.69) is 13.0 Å². The van der Waals surface area contributed by atoms with Gasteiger partial charge in [0.15, 0.2) is 0 Å². The molecule has 0 saturated heterocycles. The van der Waals surface area contributed by atoms with Crippen molar-refractivity contribution >= 4 is 6.08 Å². The van der Waals surface area contributed by atoms with Gasteiger partial charge in [-0.15, -0.1) is 0 Å². The van der Waals surface area contributed by atoms with Crippen LogP contribution in [0.3, 0.4) is 0 Å². The number of hydrogen-bond acceptors (Lipinski definition) is 3. The van der Waals surface area contributed by atoms with Crippen LogP contribution < -0.4 is 15.2 Å². The Balaban J connectivity index is 2.01. The molecule has 1 aliphatic rings. The van der Waals surface area contributed by atoms with Crippen LogP contribution >= 0.6 is 0 Å². The molecule has 0 fully saturated rings. The Bertz CT molecular complexity index is 427. The van der Waals surface area contributed by atoms with E-state index in [0.29, 0.717) is 13.2 Å². The first kappa shape index (κ1) is 13.0. The quantitative estimate of drug-likeness (QED) is 0.786. The first-order chi connectivity index (χ1) is 8.83. The normalized spacial score (nSPS) is 13.6. The Kier molecular flexibility index (Phi) is 4.65. The molecule has 2 rings (SSSR count). The summed E-state index contributed by atoms with van der Waals surface area (Å²) in [6.45, 7) is 4.11. The largest absolute Gasteiger partial charge is 0.494 e. The van der Waals surface area contributed by atoms with E-state index in [1.54, 1.807) is 0 Å². The van der Waals surface area contributed by atoms with Crippen molar-refractivity contribution in [2.45, 2.75) is 26.2 Å². The van der Waals surface area contributed by atoms with Crippen LogP contribution in [0.25, 0.3) is 6.08 Å². The molecule has 98 valence electrons. The molecule has 0 spiro atoms. The maximum Gasteiger partial charge on any atom is 0.127 e. The van der Waals surface area contributed by atoms with Gasteiger partial charge in [-0.05, 0) is 36.3 Å². The number of unbranched alkanes of at least 4 members (excludes halogenated alkanes) is 2. The van der Waals surface area contributed by atoms with E-state index in [1.807, 2.05) is 18.2 Å². The van der Waals surface area contributed by atoms with Crippen LogP contribution in [0.1, 0.15) is 31.7 Å². The Morgan fingerprint density at radius 1 is 1.33 bits per heavy atom. The molecule has 3 nitrogen and oxygen atoms in total. The zero-order valence-corrected chi connectivity index (χ0v) is 10.9. The molecule has 1 aromatic carbocycles. The average molecular weight is 247 g/mol. The van der Waals surface area contributed by atoms with Crippen molar-refractivity contribution < 1.29 is 9.47 Å². The summed E-state index contributed by atoms with van der Waals surface area (Å²) in [7, 11) is 0. The molecule has 2 N–H and O–H groups in total. The van der Waals surface area contributed by atoms with Crippen LogP contribution in [0.15, 0.2) is 23.8 Å². The van der Waals surface area contributed by atoms with Gasteiger partial charge < -0.3 is 15.2 Å². The minimum absolute atomic E-state index is 0.543. The Hall–Kier alpha value is -1.48. The van der Waals surface area contributed by atoms with Crippen molar-refractivity contribution in [2.75, 3.05) is 19.8 Å². The minimum Gasteiger partial charge on any atom is -0.494 e. The molecule has 0 bridgehead atoms. The fourth-order valence-electron chi connectivity index (χ4n) is 1.95. The molecule has 0 amide bonds. The second-order valence-electron chi connectivity index (χ2n) is 4.55. The highest BCUT2D eigenvalue weighted by Gasteiger charge is 2.11. The number of rotatable bonds is 6. The van der Waals surface area contributed by atoms with Gasteiger partial charge in [-0.3, -0.25) is 0 Å². The van der Waals surface area contributed by atoms with E-state index in [-0.39, 0.29) is 0 Å². The predicted molar refractivity (Wildman–Crippen MR) is 74.0 cm³/mol. The molecule has 3 heteroatoms. The number of ether oxygens (including phenoxy) is 2. The van der Waals surface area contributed by atoms with Crippen LogP contribution in [0.4, 0.5) is 0 Å². The molecule has 1 aliphatic heterocycles. The summed E-state index contributed by atoms with van der Waals surface area (Å²) in [5.74, 6) is 1.82. The molecule has 0 aromatic heterocycles. The van der Waals surface area contributed by atoms with Gasteiger partial charge in [0.25, 0.3) is 0 Å². The van der Waals surface area contributed by atoms with Crippen molar-refractivity contribution in [2.24, 2.45) is 5.73 Å². The zero-order valence-electron chi connectivity index (χ0n) is 10.9. The highest BCUT2D eigenvalue weighted by molar-refractivity contribution is 5.64. The van der Waals surface area contributed by atoms with Crippen molar-refractivity contribution in [3.8, 4) is 11.5 Å². The first-order valence-corrected chi connectivity index (χ1v) is 6.62. The van der Waals surface area contributed by atoms with Gasteiger partial charge in [0.05, 0.1) is 6.61 Å². The highest BCUT2D eigenvalue weighted by atomic mass is 16.5. The van der Waals surface area contributed by atoms with Gasteiger partial charge in [0.1, 0.15) is 18.1 Å². The van der Waals surface area contributed by atoms with Crippen LogP contribution in [0, 0.1) is 0 Å². The van der Waals surface area contributed by atoms with E-state index in [0.717, 1.165) is 35.7 Å². The summed E-state index contributed by atoms with van der Waals surface area (Å²) in [5, 5.41) is 0. The minimum atomic E-state index is 0.543. The van der Waals surface area contributed by atoms with E-state index >= 15 is 0 Å². The maximum atomic E-state index is 5.73. The average Bonchev–Trinajstić information content (AvgIpc) is 2.42. The SMILES string of the molecule is CCCCCOc1ccc2c(c1)C=C(CN)CO2. The van der Waals surface area contributed by atoms with Crippen LogP contribution in [0.5, 0.6) is 11.5 Å². The van der Waals surface area contributed by atoms with Gasteiger partial charge in [-0.25, -0.2) is 0 Å².